The summed E-state index contributed by atoms with van der Waals surface area (Å²) in [6.07, 6.45) is 0.957. The van der Waals surface area contributed by atoms with Gasteiger partial charge in [0.05, 0.1) is 7.11 Å². The van der Waals surface area contributed by atoms with E-state index < -0.39 is 0 Å². The predicted molar refractivity (Wildman–Crippen MR) is 63.9 cm³/mol. The Labute approximate surface area is 95.3 Å². The first-order chi connectivity index (χ1) is 7.27. The minimum absolute atomic E-state index is 0.492. The van der Waals surface area contributed by atoms with Crippen LogP contribution in [0.15, 0.2) is 24.3 Å². The zero-order valence-electron chi connectivity index (χ0n) is 9.06. The Morgan fingerprint density at radius 1 is 1.47 bits per heavy atom. The maximum absolute atomic E-state index is 8.47. The number of methoxy groups -OCH3 is 1. The van der Waals surface area contributed by atoms with Gasteiger partial charge in [0.25, 0.3) is 0 Å². The highest BCUT2D eigenvalue weighted by molar-refractivity contribution is 8.03. The fraction of sp³-hybridized carbons (Fsp3) is 0.417. The molecule has 0 fully saturated rings. The first kappa shape index (κ1) is 11.9. The Kier molecular flexibility index (Phi) is 5.06. The summed E-state index contributed by atoms with van der Waals surface area (Å²) in [5.41, 5.74) is 1.21. The Morgan fingerprint density at radius 3 is 2.87 bits per heavy atom. The number of hydrogen-bond donors (Lipinski definition) is 0. The average molecular weight is 221 g/mol. The zero-order valence-corrected chi connectivity index (χ0v) is 9.88. The number of thiocyanates is 1. The smallest absolute Gasteiger partial charge is 0.133 e. The van der Waals surface area contributed by atoms with Crippen LogP contribution in [0.4, 0.5) is 0 Å². The van der Waals surface area contributed by atoms with Crippen LogP contribution in [0.1, 0.15) is 12.5 Å². The molecule has 0 aliphatic carbocycles. The molecule has 1 atom stereocenters. The molecule has 0 aliphatic rings. The fourth-order valence-corrected chi connectivity index (χ4v) is 1.96. The fourth-order valence-electron chi connectivity index (χ4n) is 1.49. The number of thioether (sulfide) groups is 1. The van der Waals surface area contributed by atoms with E-state index in [2.05, 4.69) is 18.4 Å². The van der Waals surface area contributed by atoms with Gasteiger partial charge in [0.15, 0.2) is 0 Å². The van der Waals surface area contributed by atoms with Crippen LogP contribution in [-0.4, -0.2) is 12.9 Å². The molecule has 0 spiro atoms. The lowest BCUT2D eigenvalue weighted by atomic mass is 10.0. The number of ether oxygens (including phenoxy) is 1. The number of rotatable bonds is 5. The van der Waals surface area contributed by atoms with Gasteiger partial charge >= 0.3 is 0 Å². The predicted octanol–water partition coefficient (Wildman–Crippen LogP) is 3.09. The van der Waals surface area contributed by atoms with Gasteiger partial charge in [-0.1, -0.05) is 25.1 Å². The monoisotopic (exact) mass is 221 g/mol. The van der Waals surface area contributed by atoms with Gasteiger partial charge in [-0.2, -0.15) is 5.26 Å². The van der Waals surface area contributed by atoms with Gasteiger partial charge in [0.1, 0.15) is 11.2 Å². The molecule has 1 aromatic carbocycles. The van der Waals surface area contributed by atoms with Gasteiger partial charge in [-0.05, 0) is 35.7 Å². The van der Waals surface area contributed by atoms with Crippen molar-refractivity contribution >= 4 is 11.8 Å². The van der Waals surface area contributed by atoms with Gasteiger partial charge in [-0.3, -0.25) is 0 Å². The Bertz CT molecular complexity index is 346. The summed E-state index contributed by atoms with van der Waals surface area (Å²) >= 11 is 1.31. The number of nitriles is 1. The molecule has 15 heavy (non-hydrogen) atoms. The summed E-state index contributed by atoms with van der Waals surface area (Å²) in [6.45, 7) is 2.15. The Balaban J connectivity index is 2.59. The van der Waals surface area contributed by atoms with Crippen molar-refractivity contribution in [2.45, 2.75) is 13.3 Å². The van der Waals surface area contributed by atoms with Crippen LogP contribution >= 0.6 is 11.8 Å². The van der Waals surface area contributed by atoms with Gasteiger partial charge in [0, 0.05) is 5.75 Å². The third kappa shape index (κ3) is 3.85. The highest BCUT2D eigenvalue weighted by atomic mass is 32.2. The first-order valence-corrected chi connectivity index (χ1v) is 5.89. The second-order valence-corrected chi connectivity index (χ2v) is 4.33. The molecule has 0 bridgehead atoms. The van der Waals surface area contributed by atoms with Crippen molar-refractivity contribution in [3.05, 3.63) is 29.8 Å². The number of benzene rings is 1. The van der Waals surface area contributed by atoms with Crippen molar-refractivity contribution in [3.8, 4) is 11.2 Å². The molecule has 1 aromatic rings. The summed E-state index contributed by atoms with van der Waals surface area (Å²) in [6, 6.07) is 8.03. The molecule has 0 heterocycles. The molecule has 80 valence electrons. The van der Waals surface area contributed by atoms with E-state index in [-0.39, 0.29) is 0 Å². The molecule has 0 saturated heterocycles. The number of nitrogens with zero attached hydrogens (tertiary/aromatic N) is 1. The maximum atomic E-state index is 8.47. The molecule has 0 aromatic heterocycles. The topological polar surface area (TPSA) is 33.0 Å². The van der Waals surface area contributed by atoms with E-state index in [0.717, 1.165) is 17.9 Å². The van der Waals surface area contributed by atoms with Crippen LogP contribution in [-0.2, 0) is 6.42 Å². The number of para-hydroxylation sites is 1. The van der Waals surface area contributed by atoms with E-state index in [9.17, 15) is 0 Å². The largest absolute Gasteiger partial charge is 0.496 e. The molecule has 0 radical (unpaired) electrons. The van der Waals surface area contributed by atoms with E-state index in [4.69, 9.17) is 10.00 Å². The Hall–Kier alpha value is -1.14. The third-order valence-corrected chi connectivity index (χ3v) is 3.06. The normalized spacial score (nSPS) is 11.8. The maximum Gasteiger partial charge on any atom is 0.133 e. The van der Waals surface area contributed by atoms with E-state index in [1.807, 2.05) is 18.2 Å². The lowest BCUT2D eigenvalue weighted by Crippen LogP contribution is -2.03. The summed E-state index contributed by atoms with van der Waals surface area (Å²) < 4.78 is 5.28. The molecule has 0 aliphatic heterocycles. The molecule has 0 amide bonds. The van der Waals surface area contributed by atoms with Gasteiger partial charge in [-0.15, -0.1) is 0 Å². The molecule has 2 nitrogen and oxygen atoms in total. The van der Waals surface area contributed by atoms with E-state index in [1.165, 1.54) is 17.3 Å². The summed E-state index contributed by atoms with van der Waals surface area (Å²) in [5, 5.41) is 10.6. The SMILES string of the molecule is COc1ccccc1CC(C)CSC#N. The standard InChI is InChI=1S/C12H15NOS/c1-10(8-15-9-13)7-11-5-3-4-6-12(11)14-2/h3-6,10H,7-8H2,1-2H3. The van der Waals surface area contributed by atoms with Crippen molar-refractivity contribution in [2.24, 2.45) is 5.92 Å². The molecule has 0 saturated carbocycles. The minimum Gasteiger partial charge on any atom is -0.496 e. The molecular weight excluding hydrogens is 206 g/mol. The lowest BCUT2D eigenvalue weighted by molar-refractivity contribution is 0.407. The van der Waals surface area contributed by atoms with Crippen molar-refractivity contribution in [1.82, 2.24) is 0 Å². The quantitative estimate of drug-likeness (QED) is 0.716. The Morgan fingerprint density at radius 2 is 2.20 bits per heavy atom. The summed E-state index contributed by atoms with van der Waals surface area (Å²) in [7, 11) is 1.69. The summed E-state index contributed by atoms with van der Waals surface area (Å²) in [4.78, 5) is 0. The van der Waals surface area contributed by atoms with Crippen LogP contribution in [0.3, 0.4) is 0 Å². The van der Waals surface area contributed by atoms with Crippen LogP contribution in [0.2, 0.25) is 0 Å². The molecule has 3 heteroatoms. The van der Waals surface area contributed by atoms with Crippen molar-refractivity contribution in [3.63, 3.8) is 0 Å². The minimum atomic E-state index is 0.492. The van der Waals surface area contributed by atoms with Gasteiger partial charge < -0.3 is 4.74 Å². The number of hydrogen-bond acceptors (Lipinski definition) is 3. The van der Waals surface area contributed by atoms with Gasteiger partial charge in [0.2, 0.25) is 0 Å². The molecule has 0 N–H and O–H groups in total. The molecule has 1 rings (SSSR count). The van der Waals surface area contributed by atoms with Crippen LogP contribution in [0.25, 0.3) is 0 Å². The van der Waals surface area contributed by atoms with E-state index in [1.54, 1.807) is 7.11 Å². The zero-order chi connectivity index (χ0) is 11.1. The van der Waals surface area contributed by atoms with Gasteiger partial charge in [-0.25, -0.2) is 0 Å². The lowest BCUT2D eigenvalue weighted by Gasteiger charge is -2.12. The summed E-state index contributed by atoms with van der Waals surface area (Å²) in [5.74, 6) is 2.30. The van der Waals surface area contributed by atoms with Crippen LogP contribution < -0.4 is 4.74 Å². The van der Waals surface area contributed by atoms with Crippen LogP contribution in [0.5, 0.6) is 5.75 Å². The highest BCUT2D eigenvalue weighted by Gasteiger charge is 2.07. The average Bonchev–Trinajstić information content (AvgIpc) is 2.27. The van der Waals surface area contributed by atoms with Crippen LogP contribution in [0, 0.1) is 16.6 Å². The second-order valence-electron chi connectivity index (χ2n) is 3.52. The van der Waals surface area contributed by atoms with Crippen molar-refractivity contribution in [1.29, 1.82) is 5.26 Å². The third-order valence-electron chi connectivity index (χ3n) is 2.19. The first-order valence-electron chi connectivity index (χ1n) is 4.90. The molecular formula is C12H15NOS. The van der Waals surface area contributed by atoms with Crippen molar-refractivity contribution < 1.29 is 4.74 Å². The second kappa shape index (κ2) is 6.36. The van der Waals surface area contributed by atoms with Crippen molar-refractivity contribution in [2.75, 3.05) is 12.9 Å². The highest BCUT2D eigenvalue weighted by Crippen LogP contribution is 2.22. The van der Waals surface area contributed by atoms with E-state index in [0.29, 0.717) is 5.92 Å². The van der Waals surface area contributed by atoms with E-state index >= 15 is 0 Å². The molecule has 1 unspecified atom stereocenters.